The average Bonchev–Trinajstić information content (AvgIpc) is 2.66. The van der Waals surface area contributed by atoms with Crippen LogP contribution in [0.2, 0.25) is 0 Å². The quantitative estimate of drug-likeness (QED) is 0.844. The minimum Gasteiger partial charge on any atom is -0.478 e. The number of rotatable bonds is 5. The Morgan fingerprint density at radius 3 is 2.53 bits per heavy atom. The average molecular weight is 282 g/mol. The Labute approximate surface area is 118 Å². The Kier molecular flexibility index (Phi) is 5.26. The van der Waals surface area contributed by atoms with Gasteiger partial charge in [-0.1, -0.05) is 20.8 Å². The largest absolute Gasteiger partial charge is 0.478 e. The molecule has 0 radical (unpaired) electrons. The van der Waals surface area contributed by atoms with Crippen LogP contribution in [0.3, 0.4) is 0 Å². The molecule has 0 aromatic carbocycles. The van der Waals surface area contributed by atoms with Crippen molar-refractivity contribution >= 4 is 23.4 Å². The van der Waals surface area contributed by atoms with Gasteiger partial charge in [0, 0.05) is 24.5 Å². The van der Waals surface area contributed by atoms with E-state index in [1.807, 2.05) is 14.1 Å². The fraction of sp³-hybridized carbons (Fsp3) is 0.571. The number of carboxylic acid groups (broad SMARTS) is 1. The molecule has 0 spiro atoms. The van der Waals surface area contributed by atoms with Crippen molar-refractivity contribution in [2.24, 2.45) is 0 Å². The molecule has 106 valence electrons. The van der Waals surface area contributed by atoms with E-state index in [-0.39, 0.29) is 5.41 Å². The Bertz CT molecular complexity index is 470. The number of carboxylic acids is 1. The van der Waals surface area contributed by atoms with Gasteiger partial charge < -0.3 is 10.0 Å². The van der Waals surface area contributed by atoms with Crippen LogP contribution in [0.15, 0.2) is 6.08 Å². The molecule has 0 amide bonds. The number of aliphatic carboxylic acids is 1. The van der Waals surface area contributed by atoms with E-state index in [0.29, 0.717) is 0 Å². The van der Waals surface area contributed by atoms with Crippen molar-refractivity contribution in [1.29, 1.82) is 0 Å². The van der Waals surface area contributed by atoms with Gasteiger partial charge in [0.15, 0.2) is 0 Å². The first kappa shape index (κ1) is 15.9. The zero-order chi connectivity index (χ0) is 14.6. The van der Waals surface area contributed by atoms with Gasteiger partial charge in [0.2, 0.25) is 0 Å². The van der Waals surface area contributed by atoms with Gasteiger partial charge in [0.05, 0.1) is 15.6 Å². The molecule has 0 aliphatic heterocycles. The molecule has 0 aliphatic carbocycles. The third-order valence-electron chi connectivity index (χ3n) is 2.56. The van der Waals surface area contributed by atoms with Crippen molar-refractivity contribution in [3.05, 3.63) is 21.7 Å². The molecule has 0 saturated carbocycles. The maximum Gasteiger partial charge on any atom is 0.328 e. The smallest absolute Gasteiger partial charge is 0.328 e. The first-order valence-electron chi connectivity index (χ1n) is 6.26. The van der Waals surface area contributed by atoms with E-state index in [4.69, 9.17) is 5.11 Å². The van der Waals surface area contributed by atoms with Crippen molar-refractivity contribution in [2.45, 2.75) is 32.6 Å². The number of carbonyl (C=O) groups is 1. The van der Waals surface area contributed by atoms with E-state index < -0.39 is 5.97 Å². The van der Waals surface area contributed by atoms with Gasteiger partial charge in [-0.25, -0.2) is 9.78 Å². The highest BCUT2D eigenvalue weighted by molar-refractivity contribution is 7.12. The molecule has 1 N–H and O–H groups in total. The monoisotopic (exact) mass is 282 g/mol. The van der Waals surface area contributed by atoms with Crippen LogP contribution in [0.1, 0.15) is 36.3 Å². The summed E-state index contributed by atoms with van der Waals surface area (Å²) < 4.78 is 0. The zero-order valence-electron chi connectivity index (χ0n) is 12.2. The lowest BCUT2D eigenvalue weighted by Crippen LogP contribution is -2.16. The minimum absolute atomic E-state index is 0.0783. The summed E-state index contributed by atoms with van der Waals surface area (Å²) in [4.78, 5) is 18.4. The van der Waals surface area contributed by atoms with Crippen LogP contribution in [0.5, 0.6) is 0 Å². The molecule has 4 nitrogen and oxygen atoms in total. The second-order valence-corrected chi connectivity index (χ2v) is 6.91. The molecule has 1 aromatic rings. The fourth-order valence-corrected chi connectivity index (χ4v) is 2.77. The molecular weight excluding hydrogens is 260 g/mol. The molecule has 1 rings (SSSR count). The summed E-state index contributed by atoms with van der Waals surface area (Å²) >= 11 is 1.58. The Morgan fingerprint density at radius 1 is 1.42 bits per heavy atom. The number of thiazole rings is 1. The van der Waals surface area contributed by atoms with Crippen LogP contribution in [0, 0.1) is 0 Å². The van der Waals surface area contributed by atoms with Crippen molar-refractivity contribution < 1.29 is 9.90 Å². The summed E-state index contributed by atoms with van der Waals surface area (Å²) in [6.45, 7) is 7.22. The highest BCUT2D eigenvalue weighted by Crippen LogP contribution is 2.30. The lowest BCUT2D eigenvalue weighted by atomic mass is 9.91. The van der Waals surface area contributed by atoms with Crippen LogP contribution in [-0.4, -0.2) is 41.6 Å². The number of hydrogen-bond donors (Lipinski definition) is 1. The molecule has 19 heavy (non-hydrogen) atoms. The van der Waals surface area contributed by atoms with E-state index >= 15 is 0 Å². The first-order chi connectivity index (χ1) is 8.70. The van der Waals surface area contributed by atoms with E-state index in [1.54, 1.807) is 17.4 Å². The van der Waals surface area contributed by atoms with Crippen LogP contribution in [0.25, 0.3) is 6.08 Å². The third kappa shape index (κ3) is 5.12. The first-order valence-corrected chi connectivity index (χ1v) is 7.07. The molecule has 0 atom stereocenters. The standard InChI is InChI=1S/C14H22N2O2S/c1-14(2,3)13-10(6-7-12(17)18)19-11(15-13)8-9-16(4)5/h6-7H,8-9H2,1-5H3,(H,17,18)/b7-6+. The van der Waals surface area contributed by atoms with Gasteiger partial charge in [-0.15, -0.1) is 11.3 Å². The molecule has 0 saturated heterocycles. The van der Waals surface area contributed by atoms with Crippen molar-refractivity contribution in [2.75, 3.05) is 20.6 Å². The van der Waals surface area contributed by atoms with Crippen molar-refractivity contribution in [1.82, 2.24) is 9.88 Å². The van der Waals surface area contributed by atoms with E-state index in [9.17, 15) is 4.79 Å². The van der Waals surface area contributed by atoms with Gasteiger partial charge in [-0.3, -0.25) is 0 Å². The van der Waals surface area contributed by atoms with Crippen LogP contribution in [0.4, 0.5) is 0 Å². The number of aromatic nitrogens is 1. The fourth-order valence-electron chi connectivity index (χ4n) is 1.60. The molecule has 0 unspecified atom stereocenters. The summed E-state index contributed by atoms with van der Waals surface area (Å²) in [5, 5.41) is 9.80. The normalized spacial score (nSPS) is 12.5. The van der Waals surface area contributed by atoms with Crippen LogP contribution < -0.4 is 0 Å². The second kappa shape index (κ2) is 6.30. The van der Waals surface area contributed by atoms with E-state index in [2.05, 4.69) is 30.7 Å². The van der Waals surface area contributed by atoms with E-state index in [1.165, 1.54) is 6.08 Å². The molecule has 1 heterocycles. The molecule has 0 bridgehead atoms. The second-order valence-electron chi connectivity index (χ2n) is 5.80. The molecule has 0 aliphatic rings. The summed E-state index contributed by atoms with van der Waals surface area (Å²) in [7, 11) is 4.06. The highest BCUT2D eigenvalue weighted by atomic mass is 32.1. The minimum atomic E-state index is -0.928. The van der Waals surface area contributed by atoms with Crippen LogP contribution >= 0.6 is 11.3 Å². The molecular formula is C14H22N2O2S. The molecule has 1 aromatic heterocycles. The van der Waals surface area contributed by atoms with Gasteiger partial charge >= 0.3 is 5.97 Å². The van der Waals surface area contributed by atoms with Gasteiger partial charge in [0.1, 0.15) is 0 Å². The number of nitrogens with zero attached hydrogens (tertiary/aromatic N) is 2. The Morgan fingerprint density at radius 2 is 2.05 bits per heavy atom. The number of hydrogen-bond acceptors (Lipinski definition) is 4. The third-order valence-corrected chi connectivity index (χ3v) is 3.64. The zero-order valence-corrected chi connectivity index (χ0v) is 13.0. The van der Waals surface area contributed by atoms with Gasteiger partial charge in [0.25, 0.3) is 0 Å². The lowest BCUT2D eigenvalue weighted by molar-refractivity contribution is -0.131. The topological polar surface area (TPSA) is 53.4 Å². The van der Waals surface area contributed by atoms with Crippen LogP contribution in [-0.2, 0) is 16.6 Å². The van der Waals surface area contributed by atoms with Crippen molar-refractivity contribution in [3.63, 3.8) is 0 Å². The highest BCUT2D eigenvalue weighted by Gasteiger charge is 2.22. The predicted molar refractivity (Wildman–Crippen MR) is 79.7 cm³/mol. The predicted octanol–water partition coefficient (Wildman–Crippen LogP) is 2.64. The summed E-state index contributed by atoms with van der Waals surface area (Å²) in [5.74, 6) is -0.928. The molecule has 5 heteroatoms. The summed E-state index contributed by atoms with van der Waals surface area (Å²) in [6, 6.07) is 0. The molecule has 0 fully saturated rings. The van der Waals surface area contributed by atoms with Gasteiger partial charge in [-0.2, -0.15) is 0 Å². The van der Waals surface area contributed by atoms with Gasteiger partial charge in [-0.05, 0) is 20.2 Å². The Balaban J connectivity index is 3.02. The maximum atomic E-state index is 10.6. The SMILES string of the molecule is CN(C)CCc1nc(C(C)(C)C)c(/C=C/C(=O)O)s1. The summed E-state index contributed by atoms with van der Waals surface area (Å²) in [5.41, 5.74) is 0.897. The number of likely N-dealkylation sites (N-methyl/N-ethyl adjacent to an activating group) is 1. The Hall–Kier alpha value is -1.20. The van der Waals surface area contributed by atoms with Crippen molar-refractivity contribution in [3.8, 4) is 0 Å². The summed E-state index contributed by atoms with van der Waals surface area (Å²) in [6.07, 6.45) is 3.72. The van der Waals surface area contributed by atoms with E-state index in [0.717, 1.165) is 28.5 Å². The maximum absolute atomic E-state index is 10.6. The lowest BCUT2D eigenvalue weighted by Gasteiger charge is -2.16.